The number of aliphatic hydroxyl groups is 1. The number of benzene rings is 1. The van der Waals surface area contributed by atoms with Gasteiger partial charge >= 0.3 is 0 Å². The molecule has 0 saturated carbocycles. The second-order valence-corrected chi connectivity index (χ2v) is 5.10. The SMILES string of the molecule is COCC1CN(c2ccccc2C)CCN1CCO. The van der Waals surface area contributed by atoms with Crippen molar-refractivity contribution in [2.75, 3.05) is 51.4 Å². The smallest absolute Gasteiger partial charge is 0.0635 e. The van der Waals surface area contributed by atoms with Gasteiger partial charge in [-0.2, -0.15) is 0 Å². The van der Waals surface area contributed by atoms with Crippen LogP contribution in [0.25, 0.3) is 0 Å². The maximum Gasteiger partial charge on any atom is 0.0635 e. The molecule has 0 amide bonds. The fourth-order valence-electron chi connectivity index (χ4n) is 2.80. The van der Waals surface area contributed by atoms with Crippen LogP contribution in [0.3, 0.4) is 0 Å². The second kappa shape index (κ2) is 6.89. The molecule has 1 aromatic rings. The largest absolute Gasteiger partial charge is 0.395 e. The molecule has 19 heavy (non-hydrogen) atoms. The summed E-state index contributed by atoms with van der Waals surface area (Å²) < 4.78 is 5.32. The van der Waals surface area contributed by atoms with Crippen molar-refractivity contribution in [3.8, 4) is 0 Å². The van der Waals surface area contributed by atoms with E-state index in [2.05, 4.69) is 41.0 Å². The molecule has 1 atom stereocenters. The molecule has 106 valence electrons. The second-order valence-electron chi connectivity index (χ2n) is 5.10. The van der Waals surface area contributed by atoms with Crippen LogP contribution in [-0.2, 0) is 4.74 Å². The number of rotatable bonds is 5. The van der Waals surface area contributed by atoms with Crippen LogP contribution in [0.2, 0.25) is 0 Å². The van der Waals surface area contributed by atoms with Crippen LogP contribution in [0.4, 0.5) is 5.69 Å². The zero-order chi connectivity index (χ0) is 13.7. The van der Waals surface area contributed by atoms with E-state index in [-0.39, 0.29) is 6.61 Å². The Balaban J connectivity index is 2.08. The minimum absolute atomic E-state index is 0.213. The molecular weight excluding hydrogens is 240 g/mol. The Hall–Kier alpha value is -1.10. The molecule has 1 aliphatic heterocycles. The first kappa shape index (κ1) is 14.3. The van der Waals surface area contributed by atoms with E-state index >= 15 is 0 Å². The Morgan fingerprint density at radius 3 is 2.79 bits per heavy atom. The van der Waals surface area contributed by atoms with Crippen molar-refractivity contribution in [3.05, 3.63) is 29.8 Å². The lowest BCUT2D eigenvalue weighted by Crippen LogP contribution is -2.55. The summed E-state index contributed by atoms with van der Waals surface area (Å²) in [4.78, 5) is 4.74. The van der Waals surface area contributed by atoms with Crippen molar-refractivity contribution in [1.29, 1.82) is 0 Å². The fraction of sp³-hybridized carbons (Fsp3) is 0.600. The number of ether oxygens (including phenoxy) is 1. The molecule has 0 aromatic heterocycles. The van der Waals surface area contributed by atoms with Gasteiger partial charge in [0.1, 0.15) is 0 Å². The van der Waals surface area contributed by atoms with Crippen molar-refractivity contribution < 1.29 is 9.84 Å². The zero-order valence-electron chi connectivity index (χ0n) is 11.9. The number of piperazine rings is 1. The third kappa shape index (κ3) is 3.47. The van der Waals surface area contributed by atoms with E-state index in [9.17, 15) is 0 Å². The molecule has 4 heteroatoms. The minimum atomic E-state index is 0.213. The number of nitrogens with zero attached hydrogens (tertiary/aromatic N) is 2. The topological polar surface area (TPSA) is 35.9 Å². The van der Waals surface area contributed by atoms with Crippen LogP contribution in [0, 0.1) is 6.92 Å². The first-order valence-electron chi connectivity index (χ1n) is 6.90. The maximum atomic E-state index is 9.14. The van der Waals surface area contributed by atoms with Gasteiger partial charge in [0, 0.05) is 39.0 Å². The number of aliphatic hydroxyl groups excluding tert-OH is 1. The van der Waals surface area contributed by atoms with Gasteiger partial charge in [-0.05, 0) is 18.6 Å². The van der Waals surface area contributed by atoms with Crippen LogP contribution in [-0.4, -0.2) is 62.6 Å². The highest BCUT2D eigenvalue weighted by Crippen LogP contribution is 2.22. The van der Waals surface area contributed by atoms with E-state index in [1.54, 1.807) is 7.11 Å². The summed E-state index contributed by atoms with van der Waals surface area (Å²) in [5.74, 6) is 0. The van der Waals surface area contributed by atoms with Gasteiger partial charge in [0.15, 0.2) is 0 Å². The van der Waals surface area contributed by atoms with Gasteiger partial charge in [0.25, 0.3) is 0 Å². The standard InChI is InChI=1S/C15H24N2O2/c1-13-5-3-4-6-15(13)17-8-7-16(9-10-18)14(11-17)12-19-2/h3-6,14,18H,7-12H2,1-2H3. The van der Waals surface area contributed by atoms with Crippen molar-refractivity contribution in [2.45, 2.75) is 13.0 Å². The van der Waals surface area contributed by atoms with E-state index in [0.29, 0.717) is 12.6 Å². The van der Waals surface area contributed by atoms with Gasteiger partial charge in [0.05, 0.1) is 19.3 Å². The summed E-state index contributed by atoms with van der Waals surface area (Å²) in [7, 11) is 1.74. The van der Waals surface area contributed by atoms with Crippen molar-refractivity contribution >= 4 is 5.69 Å². The van der Waals surface area contributed by atoms with Crippen molar-refractivity contribution in [3.63, 3.8) is 0 Å². The molecule has 1 N–H and O–H groups in total. The van der Waals surface area contributed by atoms with Gasteiger partial charge in [-0.1, -0.05) is 18.2 Å². The number of para-hydroxylation sites is 1. The van der Waals surface area contributed by atoms with Gasteiger partial charge < -0.3 is 14.7 Å². The number of hydrogen-bond donors (Lipinski definition) is 1. The first-order valence-corrected chi connectivity index (χ1v) is 6.90. The van der Waals surface area contributed by atoms with Gasteiger partial charge in [-0.25, -0.2) is 0 Å². The molecule has 0 bridgehead atoms. The minimum Gasteiger partial charge on any atom is -0.395 e. The number of aryl methyl sites for hydroxylation is 1. The third-order valence-corrected chi connectivity index (χ3v) is 3.81. The van der Waals surface area contributed by atoms with E-state index in [0.717, 1.165) is 26.2 Å². The van der Waals surface area contributed by atoms with Gasteiger partial charge in [-0.3, -0.25) is 4.90 Å². The first-order chi connectivity index (χ1) is 9.26. The average Bonchev–Trinajstić information content (AvgIpc) is 2.42. The molecule has 1 saturated heterocycles. The Labute approximate surface area is 115 Å². The number of methoxy groups -OCH3 is 1. The Morgan fingerprint density at radius 2 is 2.11 bits per heavy atom. The summed E-state index contributed by atoms with van der Waals surface area (Å²) in [6.07, 6.45) is 0. The van der Waals surface area contributed by atoms with E-state index in [1.165, 1.54) is 11.3 Å². The van der Waals surface area contributed by atoms with E-state index < -0.39 is 0 Å². The summed E-state index contributed by atoms with van der Waals surface area (Å²) in [5.41, 5.74) is 2.63. The molecule has 0 spiro atoms. The fourth-order valence-corrected chi connectivity index (χ4v) is 2.80. The highest BCUT2D eigenvalue weighted by molar-refractivity contribution is 5.53. The van der Waals surface area contributed by atoms with Gasteiger partial charge in [-0.15, -0.1) is 0 Å². The molecule has 0 aliphatic carbocycles. The van der Waals surface area contributed by atoms with Crippen LogP contribution in [0.5, 0.6) is 0 Å². The maximum absolute atomic E-state index is 9.14. The normalized spacial score (nSPS) is 20.8. The van der Waals surface area contributed by atoms with Crippen molar-refractivity contribution in [2.24, 2.45) is 0 Å². The molecule has 1 fully saturated rings. The van der Waals surface area contributed by atoms with Crippen LogP contribution >= 0.6 is 0 Å². The van der Waals surface area contributed by atoms with Crippen LogP contribution in [0.1, 0.15) is 5.56 Å². The third-order valence-electron chi connectivity index (χ3n) is 3.81. The summed E-state index contributed by atoms with van der Waals surface area (Å²) in [6.45, 7) is 6.75. The van der Waals surface area contributed by atoms with E-state index in [1.807, 2.05) is 0 Å². The van der Waals surface area contributed by atoms with Crippen LogP contribution in [0.15, 0.2) is 24.3 Å². The number of hydrogen-bond acceptors (Lipinski definition) is 4. The summed E-state index contributed by atoms with van der Waals surface area (Å²) in [6, 6.07) is 8.86. The quantitative estimate of drug-likeness (QED) is 0.865. The number of β-amino-alcohol motifs (C(OH)–C–C–N with tert-alkyl or cyclic N) is 1. The molecule has 4 nitrogen and oxygen atoms in total. The molecule has 2 rings (SSSR count). The summed E-state index contributed by atoms with van der Waals surface area (Å²) >= 11 is 0. The highest BCUT2D eigenvalue weighted by atomic mass is 16.5. The van der Waals surface area contributed by atoms with Crippen molar-refractivity contribution in [1.82, 2.24) is 4.90 Å². The summed E-state index contributed by atoms with van der Waals surface area (Å²) in [5, 5.41) is 9.14. The molecule has 1 aliphatic rings. The predicted molar refractivity (Wildman–Crippen MR) is 77.7 cm³/mol. The molecular formula is C15H24N2O2. The van der Waals surface area contributed by atoms with E-state index in [4.69, 9.17) is 9.84 Å². The zero-order valence-corrected chi connectivity index (χ0v) is 11.9. The lowest BCUT2D eigenvalue weighted by atomic mass is 10.1. The molecule has 0 radical (unpaired) electrons. The Bertz CT molecular complexity index is 397. The average molecular weight is 264 g/mol. The molecule has 1 unspecified atom stereocenters. The monoisotopic (exact) mass is 264 g/mol. The number of anilines is 1. The Morgan fingerprint density at radius 1 is 1.32 bits per heavy atom. The molecule has 1 aromatic carbocycles. The predicted octanol–water partition coefficient (Wildman–Crippen LogP) is 1.12. The van der Waals surface area contributed by atoms with Crippen LogP contribution < -0.4 is 4.90 Å². The lowest BCUT2D eigenvalue weighted by Gasteiger charge is -2.42. The molecule has 1 heterocycles. The highest BCUT2D eigenvalue weighted by Gasteiger charge is 2.27. The van der Waals surface area contributed by atoms with Gasteiger partial charge in [0.2, 0.25) is 0 Å². The Kier molecular flexibility index (Phi) is 5.19. The lowest BCUT2D eigenvalue weighted by molar-refractivity contribution is 0.0691.